The number of carbonyl (C=O) groups is 3. The van der Waals surface area contributed by atoms with Gasteiger partial charge in [0.25, 0.3) is 5.91 Å². The van der Waals surface area contributed by atoms with Crippen molar-refractivity contribution >= 4 is 50.0 Å². The van der Waals surface area contributed by atoms with Crippen molar-refractivity contribution in [1.82, 2.24) is 15.2 Å². The Morgan fingerprint density at radius 1 is 1.07 bits per heavy atom. The zero-order chi connectivity index (χ0) is 20.8. The van der Waals surface area contributed by atoms with E-state index in [4.69, 9.17) is 0 Å². The summed E-state index contributed by atoms with van der Waals surface area (Å²) in [5, 5.41) is 4.78. The molecule has 0 bridgehead atoms. The number of aromatic nitrogens is 1. The third-order valence-electron chi connectivity index (χ3n) is 5.60. The van der Waals surface area contributed by atoms with Crippen molar-refractivity contribution in [3.05, 3.63) is 70.7 Å². The molecule has 6 nitrogen and oxygen atoms in total. The topological polar surface area (TPSA) is 82.3 Å². The van der Waals surface area contributed by atoms with Crippen LogP contribution in [0.3, 0.4) is 0 Å². The molecule has 1 aliphatic rings. The number of aromatic amines is 1. The molecule has 2 N–H and O–H groups in total. The van der Waals surface area contributed by atoms with Crippen molar-refractivity contribution in [1.29, 1.82) is 0 Å². The Balaban J connectivity index is 1.35. The molecule has 30 heavy (non-hydrogen) atoms. The van der Waals surface area contributed by atoms with Gasteiger partial charge in [0.15, 0.2) is 5.78 Å². The molecule has 2 aromatic heterocycles. The number of H-pyrrole nitrogens is 1. The number of hydrogen-bond acceptors (Lipinski definition) is 4. The SMILES string of the molecule is Cc1c(C(=O)CN2C(=O)N[C@@H](Cc3c[nH]c4ccccc34)C2=O)sc2ccccc12. The quantitative estimate of drug-likeness (QED) is 0.380. The molecular weight excluding hydrogens is 398 g/mol. The molecular formula is C23H19N3O3S. The van der Waals surface area contributed by atoms with Gasteiger partial charge in [0, 0.05) is 28.2 Å². The lowest BCUT2D eigenvalue weighted by molar-refractivity contribution is -0.127. The molecule has 1 aliphatic heterocycles. The van der Waals surface area contributed by atoms with Crippen LogP contribution in [-0.4, -0.2) is 40.2 Å². The van der Waals surface area contributed by atoms with Crippen LogP contribution in [0.2, 0.25) is 0 Å². The van der Waals surface area contributed by atoms with Crippen molar-refractivity contribution in [2.45, 2.75) is 19.4 Å². The Bertz CT molecular complexity index is 1320. The summed E-state index contributed by atoms with van der Waals surface area (Å²) in [6, 6.07) is 14.4. The lowest BCUT2D eigenvalue weighted by atomic mass is 10.0. The Morgan fingerprint density at radius 2 is 1.80 bits per heavy atom. The zero-order valence-electron chi connectivity index (χ0n) is 16.3. The average Bonchev–Trinajstić information content (AvgIpc) is 3.39. The highest BCUT2D eigenvalue weighted by Gasteiger charge is 2.39. The summed E-state index contributed by atoms with van der Waals surface area (Å²) in [4.78, 5) is 43.1. The number of carbonyl (C=O) groups excluding carboxylic acids is 3. The third-order valence-corrected chi connectivity index (χ3v) is 6.92. The first-order valence-electron chi connectivity index (χ1n) is 9.71. The molecule has 1 fully saturated rings. The second-order valence-electron chi connectivity index (χ2n) is 7.47. The van der Waals surface area contributed by atoms with Crippen molar-refractivity contribution in [2.75, 3.05) is 6.54 Å². The Kier molecular flexibility index (Phi) is 4.40. The van der Waals surface area contributed by atoms with E-state index >= 15 is 0 Å². The van der Waals surface area contributed by atoms with E-state index in [1.165, 1.54) is 11.3 Å². The molecule has 1 atom stereocenters. The number of aryl methyl sites for hydroxylation is 1. The van der Waals surface area contributed by atoms with Crippen molar-refractivity contribution in [3.63, 3.8) is 0 Å². The highest BCUT2D eigenvalue weighted by molar-refractivity contribution is 7.21. The van der Waals surface area contributed by atoms with Crippen LogP contribution >= 0.6 is 11.3 Å². The largest absolute Gasteiger partial charge is 0.361 e. The minimum atomic E-state index is -0.673. The second kappa shape index (κ2) is 7.11. The number of urea groups is 1. The summed E-state index contributed by atoms with van der Waals surface area (Å²) in [5.41, 5.74) is 2.83. The second-order valence-corrected chi connectivity index (χ2v) is 8.52. The van der Waals surface area contributed by atoms with E-state index in [2.05, 4.69) is 10.3 Å². The number of thiophene rings is 1. The highest BCUT2D eigenvalue weighted by Crippen LogP contribution is 2.31. The van der Waals surface area contributed by atoms with Gasteiger partial charge in [0.1, 0.15) is 6.04 Å². The fourth-order valence-corrected chi connectivity index (χ4v) is 5.18. The summed E-state index contributed by atoms with van der Waals surface area (Å²) in [5.74, 6) is -0.581. The van der Waals surface area contributed by atoms with E-state index in [9.17, 15) is 14.4 Å². The van der Waals surface area contributed by atoms with Gasteiger partial charge < -0.3 is 10.3 Å². The molecule has 7 heteroatoms. The van der Waals surface area contributed by atoms with Gasteiger partial charge in [-0.05, 0) is 35.6 Å². The van der Waals surface area contributed by atoms with Gasteiger partial charge >= 0.3 is 6.03 Å². The number of fused-ring (bicyclic) bond motifs is 2. The van der Waals surface area contributed by atoms with Gasteiger partial charge in [-0.3, -0.25) is 14.5 Å². The lowest BCUT2D eigenvalue weighted by Crippen LogP contribution is -2.36. The molecule has 3 heterocycles. The van der Waals surface area contributed by atoms with Gasteiger partial charge in [0.2, 0.25) is 0 Å². The van der Waals surface area contributed by atoms with Gasteiger partial charge in [-0.25, -0.2) is 4.79 Å². The normalized spacial score (nSPS) is 16.6. The number of rotatable bonds is 5. The van der Waals surface area contributed by atoms with Gasteiger partial charge in [-0.1, -0.05) is 36.4 Å². The first-order valence-corrected chi connectivity index (χ1v) is 10.5. The number of nitrogens with one attached hydrogen (secondary N) is 2. The van der Waals surface area contributed by atoms with E-state index < -0.39 is 12.1 Å². The van der Waals surface area contributed by atoms with E-state index in [0.717, 1.165) is 37.0 Å². The highest BCUT2D eigenvalue weighted by atomic mass is 32.1. The summed E-state index contributed by atoms with van der Waals surface area (Å²) in [6.07, 6.45) is 2.24. The fraction of sp³-hybridized carbons (Fsp3) is 0.174. The molecule has 2 aromatic carbocycles. The Labute approximate surface area is 176 Å². The number of nitrogens with zero attached hydrogens (tertiary/aromatic N) is 1. The van der Waals surface area contributed by atoms with Crippen LogP contribution in [0.15, 0.2) is 54.7 Å². The summed E-state index contributed by atoms with van der Waals surface area (Å²) in [7, 11) is 0. The molecule has 0 spiro atoms. The van der Waals surface area contributed by atoms with Crippen LogP contribution in [-0.2, 0) is 11.2 Å². The number of ketones is 1. The third kappa shape index (κ3) is 2.98. The number of para-hydroxylation sites is 1. The molecule has 4 aromatic rings. The van der Waals surface area contributed by atoms with E-state index in [0.29, 0.717) is 11.3 Å². The summed E-state index contributed by atoms with van der Waals surface area (Å²) in [6.45, 7) is 1.65. The predicted octanol–water partition coefficient (Wildman–Crippen LogP) is 4.04. The smallest absolute Gasteiger partial charge is 0.325 e. The minimum Gasteiger partial charge on any atom is -0.361 e. The Morgan fingerprint density at radius 3 is 2.60 bits per heavy atom. The van der Waals surface area contributed by atoms with Crippen LogP contribution in [0.4, 0.5) is 4.79 Å². The molecule has 0 aliphatic carbocycles. The summed E-state index contributed by atoms with van der Waals surface area (Å²) >= 11 is 1.40. The van der Waals surface area contributed by atoms with Crippen molar-refractivity contribution in [3.8, 4) is 0 Å². The number of imide groups is 1. The molecule has 1 saturated heterocycles. The number of Topliss-reactive ketones (excluding diaryl/α,β-unsaturated/α-hetero) is 1. The molecule has 0 radical (unpaired) electrons. The standard InChI is InChI=1S/C23H19N3O3S/c1-13-15-6-3-5-9-20(15)30-21(13)19(27)12-26-22(28)18(25-23(26)29)10-14-11-24-17-8-4-2-7-16(14)17/h2-9,11,18,24H,10,12H2,1H3,(H,25,29)/t18-/m0/s1. The Hall–Kier alpha value is -3.45. The van der Waals surface area contributed by atoms with Gasteiger partial charge in [-0.15, -0.1) is 11.3 Å². The number of hydrogen-bond donors (Lipinski definition) is 2. The van der Waals surface area contributed by atoms with E-state index in [1.54, 1.807) is 0 Å². The molecule has 3 amide bonds. The predicted molar refractivity (Wildman–Crippen MR) is 117 cm³/mol. The molecule has 0 unspecified atom stereocenters. The maximum atomic E-state index is 12.9. The first kappa shape index (κ1) is 18.6. The van der Waals surface area contributed by atoms with E-state index in [-0.39, 0.29) is 18.2 Å². The molecule has 150 valence electrons. The average molecular weight is 417 g/mol. The fourth-order valence-electron chi connectivity index (χ4n) is 4.04. The zero-order valence-corrected chi connectivity index (χ0v) is 17.1. The monoisotopic (exact) mass is 417 g/mol. The van der Waals surface area contributed by atoms with Crippen LogP contribution in [0, 0.1) is 6.92 Å². The minimum absolute atomic E-state index is 0.218. The van der Waals surface area contributed by atoms with Crippen LogP contribution < -0.4 is 5.32 Å². The first-order chi connectivity index (χ1) is 14.5. The summed E-state index contributed by atoms with van der Waals surface area (Å²) < 4.78 is 1.02. The van der Waals surface area contributed by atoms with Crippen LogP contribution in [0.5, 0.6) is 0 Å². The van der Waals surface area contributed by atoms with Crippen molar-refractivity contribution in [2.24, 2.45) is 0 Å². The number of amides is 3. The maximum Gasteiger partial charge on any atom is 0.325 e. The lowest BCUT2D eigenvalue weighted by Gasteiger charge is -2.12. The molecule has 0 saturated carbocycles. The van der Waals surface area contributed by atoms with E-state index in [1.807, 2.05) is 61.7 Å². The maximum absolute atomic E-state index is 12.9. The van der Waals surface area contributed by atoms with Gasteiger partial charge in [-0.2, -0.15) is 0 Å². The van der Waals surface area contributed by atoms with Gasteiger partial charge in [0.05, 0.1) is 11.4 Å². The van der Waals surface area contributed by atoms with Crippen LogP contribution in [0.1, 0.15) is 20.8 Å². The molecule has 5 rings (SSSR count). The van der Waals surface area contributed by atoms with Crippen LogP contribution in [0.25, 0.3) is 21.0 Å². The number of benzene rings is 2. The van der Waals surface area contributed by atoms with Crippen molar-refractivity contribution < 1.29 is 14.4 Å².